The largest absolute Gasteiger partial charge is 0.420 e. The predicted octanol–water partition coefficient (Wildman–Crippen LogP) is 5.70. The predicted molar refractivity (Wildman–Crippen MR) is 112 cm³/mol. The summed E-state index contributed by atoms with van der Waals surface area (Å²) in [4.78, 5) is 9.92. The van der Waals surface area contributed by atoms with Gasteiger partial charge >= 0.3 is 0 Å². The van der Waals surface area contributed by atoms with Crippen molar-refractivity contribution < 1.29 is 4.42 Å². The first-order chi connectivity index (χ1) is 13.9. The molecule has 3 heterocycles. The quantitative estimate of drug-likeness (QED) is 0.277. The Labute approximate surface area is 169 Å². The molecule has 0 aliphatic heterocycles. The Morgan fingerprint density at radius 2 is 1.61 bits per heavy atom. The summed E-state index contributed by atoms with van der Waals surface area (Å²) in [5.74, 6) is 1.66. The second-order valence-electron chi connectivity index (χ2n) is 6.03. The number of thiophene rings is 1. The van der Waals surface area contributed by atoms with Gasteiger partial charge < -0.3 is 4.42 Å². The van der Waals surface area contributed by atoms with Crippen LogP contribution in [0.5, 0.6) is 0 Å². The van der Waals surface area contributed by atoms with E-state index in [1.165, 1.54) is 0 Å². The standard InChI is InChI=1S/C21H14N4OS2/c1-3-7-14(8-4-1)16-11-27-20-18(16)21(23-13-22-20)28-12-17-24-25-19(26-17)15-9-5-2-6-10-15/h1-11,13H,12H2. The Hall–Kier alpha value is -3.03. The fraction of sp³-hybridized carbons (Fsp3) is 0.0476. The highest BCUT2D eigenvalue weighted by Gasteiger charge is 2.15. The van der Waals surface area contributed by atoms with Crippen molar-refractivity contribution in [1.29, 1.82) is 0 Å². The van der Waals surface area contributed by atoms with Crippen LogP contribution in [0.4, 0.5) is 0 Å². The first kappa shape index (κ1) is 17.1. The van der Waals surface area contributed by atoms with Crippen LogP contribution in [0.1, 0.15) is 5.89 Å². The molecule has 0 fully saturated rings. The molecule has 5 aromatic rings. The van der Waals surface area contributed by atoms with Crippen molar-refractivity contribution in [2.24, 2.45) is 0 Å². The van der Waals surface area contributed by atoms with Crippen LogP contribution in [0.3, 0.4) is 0 Å². The van der Waals surface area contributed by atoms with E-state index in [0.717, 1.165) is 31.9 Å². The van der Waals surface area contributed by atoms with Gasteiger partial charge in [0.2, 0.25) is 11.8 Å². The number of thioether (sulfide) groups is 1. The molecule has 2 aromatic carbocycles. The molecule has 0 aliphatic rings. The molecule has 136 valence electrons. The number of rotatable bonds is 5. The maximum Gasteiger partial charge on any atom is 0.247 e. The van der Waals surface area contributed by atoms with Crippen molar-refractivity contribution in [3.63, 3.8) is 0 Å². The van der Waals surface area contributed by atoms with Gasteiger partial charge in [-0.1, -0.05) is 60.3 Å². The number of hydrogen-bond donors (Lipinski definition) is 0. The summed E-state index contributed by atoms with van der Waals surface area (Å²) in [6.45, 7) is 0. The smallest absolute Gasteiger partial charge is 0.247 e. The van der Waals surface area contributed by atoms with E-state index < -0.39 is 0 Å². The molecule has 0 atom stereocenters. The minimum Gasteiger partial charge on any atom is -0.420 e. The molecule has 0 saturated carbocycles. The zero-order valence-electron chi connectivity index (χ0n) is 14.6. The molecule has 0 N–H and O–H groups in total. The molecule has 0 bridgehead atoms. The van der Waals surface area contributed by atoms with Crippen molar-refractivity contribution in [2.45, 2.75) is 10.8 Å². The molecular formula is C21H14N4OS2. The molecule has 0 unspecified atom stereocenters. The first-order valence-electron chi connectivity index (χ1n) is 8.67. The van der Waals surface area contributed by atoms with Crippen LogP contribution in [0.2, 0.25) is 0 Å². The minimum absolute atomic E-state index is 0.532. The van der Waals surface area contributed by atoms with E-state index in [1.807, 2.05) is 48.5 Å². The monoisotopic (exact) mass is 402 g/mol. The molecule has 3 aromatic heterocycles. The Bertz CT molecular complexity index is 1220. The van der Waals surface area contributed by atoms with Gasteiger partial charge in [0.25, 0.3) is 0 Å². The van der Waals surface area contributed by atoms with Crippen molar-refractivity contribution in [2.75, 3.05) is 0 Å². The van der Waals surface area contributed by atoms with Crippen LogP contribution in [-0.4, -0.2) is 20.2 Å². The van der Waals surface area contributed by atoms with Crippen molar-refractivity contribution in [1.82, 2.24) is 20.2 Å². The lowest BCUT2D eigenvalue weighted by atomic mass is 10.1. The third-order valence-corrected chi connectivity index (χ3v) is 6.10. The van der Waals surface area contributed by atoms with E-state index in [9.17, 15) is 0 Å². The van der Waals surface area contributed by atoms with Gasteiger partial charge in [-0.25, -0.2) is 9.97 Å². The van der Waals surface area contributed by atoms with E-state index in [1.54, 1.807) is 29.4 Å². The first-order valence-corrected chi connectivity index (χ1v) is 10.5. The molecule has 28 heavy (non-hydrogen) atoms. The summed E-state index contributed by atoms with van der Waals surface area (Å²) in [5, 5.41) is 12.5. The van der Waals surface area contributed by atoms with Crippen molar-refractivity contribution in [3.8, 4) is 22.6 Å². The average Bonchev–Trinajstić information content (AvgIpc) is 3.41. The van der Waals surface area contributed by atoms with Gasteiger partial charge in [0.15, 0.2) is 0 Å². The molecule has 5 nitrogen and oxygen atoms in total. The second-order valence-corrected chi connectivity index (χ2v) is 7.85. The number of aromatic nitrogens is 4. The SMILES string of the molecule is c1ccc(-c2nnc(CSc3ncnc4scc(-c5ccccc5)c34)o2)cc1. The third kappa shape index (κ3) is 3.30. The number of hydrogen-bond acceptors (Lipinski definition) is 7. The maximum atomic E-state index is 5.82. The van der Waals surface area contributed by atoms with Gasteiger partial charge in [-0.2, -0.15) is 0 Å². The van der Waals surface area contributed by atoms with Gasteiger partial charge in [-0.05, 0) is 17.7 Å². The summed E-state index contributed by atoms with van der Waals surface area (Å²) in [5.41, 5.74) is 3.23. The fourth-order valence-electron chi connectivity index (χ4n) is 2.93. The maximum absolute atomic E-state index is 5.82. The molecule has 0 amide bonds. The lowest BCUT2D eigenvalue weighted by Crippen LogP contribution is -1.87. The molecule has 0 saturated heterocycles. The van der Waals surface area contributed by atoms with Gasteiger partial charge in [0, 0.05) is 16.5 Å². The lowest BCUT2D eigenvalue weighted by molar-refractivity contribution is 0.528. The van der Waals surface area contributed by atoms with Gasteiger partial charge in [-0.15, -0.1) is 21.5 Å². The number of nitrogens with zero attached hydrogens (tertiary/aromatic N) is 4. The highest BCUT2D eigenvalue weighted by Crippen LogP contribution is 2.38. The van der Waals surface area contributed by atoms with Crippen molar-refractivity contribution >= 4 is 33.3 Å². The summed E-state index contributed by atoms with van der Waals surface area (Å²) in [6.07, 6.45) is 1.61. The van der Waals surface area contributed by atoms with Crippen LogP contribution in [-0.2, 0) is 5.75 Å². The summed E-state index contributed by atoms with van der Waals surface area (Å²) in [6, 6.07) is 20.1. The molecule has 0 spiro atoms. The van der Waals surface area contributed by atoms with Crippen LogP contribution >= 0.6 is 23.1 Å². The van der Waals surface area contributed by atoms with Gasteiger partial charge in [0.1, 0.15) is 16.2 Å². The Morgan fingerprint density at radius 1 is 0.857 bits per heavy atom. The van der Waals surface area contributed by atoms with Crippen LogP contribution in [0.15, 0.2) is 81.8 Å². The van der Waals surface area contributed by atoms with Crippen LogP contribution in [0, 0.1) is 0 Å². The topological polar surface area (TPSA) is 64.7 Å². The third-order valence-electron chi connectivity index (χ3n) is 4.24. The van der Waals surface area contributed by atoms with E-state index >= 15 is 0 Å². The number of fused-ring (bicyclic) bond motifs is 1. The normalized spacial score (nSPS) is 11.1. The van der Waals surface area contributed by atoms with E-state index in [-0.39, 0.29) is 0 Å². The Morgan fingerprint density at radius 3 is 2.39 bits per heavy atom. The molecule has 0 aliphatic carbocycles. The molecular weight excluding hydrogens is 388 g/mol. The zero-order valence-corrected chi connectivity index (χ0v) is 16.3. The Kier molecular flexibility index (Phi) is 4.60. The van der Waals surface area contributed by atoms with Gasteiger partial charge in [-0.3, -0.25) is 0 Å². The van der Waals surface area contributed by atoms with Crippen LogP contribution < -0.4 is 0 Å². The van der Waals surface area contributed by atoms with Crippen molar-refractivity contribution in [3.05, 3.63) is 78.3 Å². The summed E-state index contributed by atoms with van der Waals surface area (Å²) >= 11 is 3.21. The van der Waals surface area contributed by atoms with E-state index in [2.05, 4.69) is 37.7 Å². The summed E-state index contributed by atoms with van der Waals surface area (Å²) < 4.78 is 5.82. The summed E-state index contributed by atoms with van der Waals surface area (Å²) in [7, 11) is 0. The highest BCUT2D eigenvalue weighted by atomic mass is 32.2. The zero-order chi connectivity index (χ0) is 18.8. The lowest BCUT2D eigenvalue weighted by Gasteiger charge is -2.04. The average molecular weight is 403 g/mol. The molecule has 0 radical (unpaired) electrons. The molecule has 7 heteroatoms. The Balaban J connectivity index is 1.43. The highest BCUT2D eigenvalue weighted by molar-refractivity contribution is 7.98. The van der Waals surface area contributed by atoms with E-state index in [0.29, 0.717) is 17.5 Å². The minimum atomic E-state index is 0.532. The number of benzene rings is 2. The fourth-order valence-corrected chi connectivity index (χ4v) is 4.76. The molecule has 5 rings (SSSR count). The van der Waals surface area contributed by atoms with Gasteiger partial charge in [0.05, 0.1) is 11.1 Å². The van der Waals surface area contributed by atoms with E-state index in [4.69, 9.17) is 4.42 Å². The van der Waals surface area contributed by atoms with Crippen LogP contribution in [0.25, 0.3) is 32.8 Å². The second kappa shape index (κ2) is 7.53.